The van der Waals surface area contributed by atoms with Gasteiger partial charge >= 0.3 is 13.8 Å². The van der Waals surface area contributed by atoms with Crippen LogP contribution < -0.4 is 0 Å². The molecule has 2 atom stereocenters. The number of esters is 1. The maximum atomic E-state index is 11.6. The van der Waals surface area contributed by atoms with Crippen LogP contribution in [0.2, 0.25) is 0 Å². The van der Waals surface area contributed by atoms with Gasteiger partial charge in [-0.05, 0) is 32.1 Å². The molecule has 0 bridgehead atoms. The van der Waals surface area contributed by atoms with Gasteiger partial charge in [0, 0.05) is 6.42 Å². The Morgan fingerprint density at radius 1 is 1.00 bits per heavy atom. The van der Waals surface area contributed by atoms with Crippen molar-refractivity contribution in [2.24, 2.45) is 0 Å². The average molecular weight is 464 g/mol. The van der Waals surface area contributed by atoms with Gasteiger partial charge in [-0.1, -0.05) is 62.6 Å². The summed E-state index contributed by atoms with van der Waals surface area (Å²) in [5, 5.41) is 18.0. The summed E-state index contributed by atoms with van der Waals surface area (Å²) in [5.41, 5.74) is 0. The van der Waals surface area contributed by atoms with Crippen molar-refractivity contribution in [2.45, 2.75) is 76.9 Å². The van der Waals surface area contributed by atoms with E-state index in [0.29, 0.717) is 6.42 Å². The van der Waals surface area contributed by atoms with Crippen molar-refractivity contribution in [3.63, 3.8) is 0 Å². The van der Waals surface area contributed by atoms with Crippen LogP contribution in [0.3, 0.4) is 0 Å². The molecule has 0 aromatic rings. The van der Waals surface area contributed by atoms with Crippen LogP contribution in [0, 0.1) is 0 Å². The summed E-state index contributed by atoms with van der Waals surface area (Å²) in [6, 6.07) is 0. The Morgan fingerprint density at radius 3 is 2.39 bits per heavy atom. The predicted molar refractivity (Wildman–Crippen MR) is 117 cm³/mol. The molecule has 2 unspecified atom stereocenters. The number of carbonyl (C=O) groups excluding carboxylic acids is 1. The van der Waals surface area contributed by atoms with Crippen LogP contribution >= 0.6 is 7.82 Å². The molecular weight excluding hydrogens is 427 g/mol. The standard InChI is InChI=1S/C21H37O9P/c1-2-20(30-24)15-13-11-9-7-5-3-4-6-8-10-12-14-16-21(23)28-17-19(22)18-29-31(25,26)27/h3,5,9,11,13,15,19-20,22,24H,2,4,6-8,10,12,14,16-18H2,1H3,(H2,25,26,27)/b5-3-,11-9-,15-13+. The van der Waals surface area contributed by atoms with E-state index in [1.807, 2.05) is 25.2 Å². The van der Waals surface area contributed by atoms with E-state index in [2.05, 4.69) is 21.6 Å². The first-order chi connectivity index (χ1) is 14.8. The van der Waals surface area contributed by atoms with E-state index in [0.717, 1.165) is 44.9 Å². The highest BCUT2D eigenvalue weighted by Crippen LogP contribution is 2.35. The Hall–Kier alpha value is -1.32. The van der Waals surface area contributed by atoms with Gasteiger partial charge in [0.15, 0.2) is 0 Å². The summed E-state index contributed by atoms with van der Waals surface area (Å²) in [4.78, 5) is 32.8. The Labute approximate surface area is 184 Å². The molecule has 31 heavy (non-hydrogen) atoms. The molecule has 0 aliphatic heterocycles. The van der Waals surface area contributed by atoms with Crippen LogP contribution in [0.1, 0.15) is 64.7 Å². The molecule has 0 saturated carbocycles. The van der Waals surface area contributed by atoms with Crippen LogP contribution in [0.5, 0.6) is 0 Å². The Kier molecular flexibility index (Phi) is 18.5. The Balaban J connectivity index is 3.55. The molecule has 0 aromatic carbocycles. The first-order valence-electron chi connectivity index (χ1n) is 10.6. The number of hydrogen-bond donors (Lipinski definition) is 4. The number of unbranched alkanes of at least 4 members (excludes halogenated alkanes) is 5. The van der Waals surface area contributed by atoms with Crippen LogP contribution in [0.15, 0.2) is 36.5 Å². The lowest BCUT2D eigenvalue weighted by Gasteiger charge is -2.12. The molecule has 0 radical (unpaired) electrons. The second kappa shape index (κ2) is 19.4. The normalized spacial score (nSPS) is 14.6. The number of phosphoric acid groups is 1. The number of aliphatic hydroxyl groups excluding tert-OH is 1. The molecule has 0 heterocycles. The van der Waals surface area contributed by atoms with E-state index in [4.69, 9.17) is 19.8 Å². The number of ether oxygens (including phenoxy) is 1. The molecule has 0 amide bonds. The molecule has 9 nitrogen and oxygen atoms in total. The van der Waals surface area contributed by atoms with E-state index in [9.17, 15) is 14.5 Å². The molecule has 0 spiro atoms. The highest BCUT2D eigenvalue weighted by atomic mass is 31.2. The minimum atomic E-state index is -4.64. The topological polar surface area (TPSA) is 143 Å². The molecule has 0 fully saturated rings. The number of aliphatic hydroxyl groups is 1. The van der Waals surface area contributed by atoms with Crippen molar-refractivity contribution in [3.8, 4) is 0 Å². The van der Waals surface area contributed by atoms with E-state index >= 15 is 0 Å². The maximum Gasteiger partial charge on any atom is 0.469 e. The highest BCUT2D eigenvalue weighted by Gasteiger charge is 2.17. The summed E-state index contributed by atoms with van der Waals surface area (Å²) < 4.78 is 19.5. The smallest absolute Gasteiger partial charge is 0.463 e. The van der Waals surface area contributed by atoms with Crippen LogP contribution in [-0.4, -0.2) is 51.5 Å². The zero-order valence-electron chi connectivity index (χ0n) is 18.2. The third kappa shape index (κ3) is 21.7. The fourth-order valence-electron chi connectivity index (χ4n) is 2.44. The van der Waals surface area contributed by atoms with Gasteiger partial charge in [0.25, 0.3) is 0 Å². The van der Waals surface area contributed by atoms with Gasteiger partial charge in [-0.3, -0.25) is 14.6 Å². The summed E-state index contributed by atoms with van der Waals surface area (Å²) in [7, 11) is -4.64. The summed E-state index contributed by atoms with van der Waals surface area (Å²) in [6.45, 7) is 0.977. The number of allylic oxidation sites excluding steroid dienone is 5. The van der Waals surface area contributed by atoms with Crippen LogP contribution in [-0.2, 0) is 23.5 Å². The van der Waals surface area contributed by atoms with Gasteiger partial charge in [-0.2, -0.15) is 0 Å². The van der Waals surface area contributed by atoms with Crippen molar-refractivity contribution in [1.82, 2.24) is 0 Å². The van der Waals surface area contributed by atoms with Gasteiger partial charge in [0.2, 0.25) is 0 Å². The third-order valence-electron chi connectivity index (χ3n) is 4.17. The largest absolute Gasteiger partial charge is 0.469 e. The minimum Gasteiger partial charge on any atom is -0.463 e. The Morgan fingerprint density at radius 2 is 1.71 bits per heavy atom. The van der Waals surface area contributed by atoms with Gasteiger partial charge in [-0.25, -0.2) is 9.45 Å². The monoisotopic (exact) mass is 464 g/mol. The quantitative estimate of drug-likeness (QED) is 0.0423. The number of carbonyl (C=O) groups is 1. The maximum absolute atomic E-state index is 11.6. The lowest BCUT2D eigenvalue weighted by Crippen LogP contribution is -2.23. The second-order valence-corrected chi connectivity index (χ2v) is 8.24. The van der Waals surface area contributed by atoms with Crippen molar-refractivity contribution < 1.29 is 43.7 Å². The Bertz CT molecular complexity index is 579. The molecule has 0 aliphatic rings. The van der Waals surface area contributed by atoms with Crippen LogP contribution in [0.25, 0.3) is 0 Å². The summed E-state index contributed by atoms with van der Waals surface area (Å²) in [6.07, 6.45) is 18.0. The fraction of sp³-hybridized carbons (Fsp3) is 0.667. The predicted octanol–water partition coefficient (Wildman–Crippen LogP) is 4.06. The SMILES string of the molecule is CCC(/C=C/C=C\C/C=C\CCCCCCCC(=O)OCC(O)COP(=O)(O)O)OO. The van der Waals surface area contributed by atoms with E-state index < -0.39 is 26.5 Å². The molecule has 0 aliphatic carbocycles. The average Bonchev–Trinajstić information content (AvgIpc) is 2.73. The van der Waals surface area contributed by atoms with Gasteiger partial charge in [0.05, 0.1) is 6.61 Å². The van der Waals surface area contributed by atoms with Gasteiger partial charge < -0.3 is 19.6 Å². The van der Waals surface area contributed by atoms with Crippen molar-refractivity contribution in [1.29, 1.82) is 0 Å². The van der Waals surface area contributed by atoms with Crippen LogP contribution in [0.4, 0.5) is 0 Å². The molecule has 0 saturated heterocycles. The summed E-state index contributed by atoms with van der Waals surface area (Å²) in [5.74, 6) is -0.449. The molecular formula is C21H37O9P. The molecule has 0 aromatic heterocycles. The second-order valence-electron chi connectivity index (χ2n) is 7.00. The number of hydrogen-bond acceptors (Lipinski definition) is 7. The van der Waals surface area contributed by atoms with E-state index in [1.54, 1.807) is 6.08 Å². The molecule has 0 rings (SSSR count). The van der Waals surface area contributed by atoms with Gasteiger partial charge in [-0.15, -0.1) is 0 Å². The van der Waals surface area contributed by atoms with Gasteiger partial charge in [0.1, 0.15) is 18.8 Å². The fourth-order valence-corrected chi connectivity index (χ4v) is 2.80. The zero-order chi connectivity index (χ0) is 23.4. The van der Waals surface area contributed by atoms with Crippen molar-refractivity contribution in [3.05, 3.63) is 36.5 Å². The first kappa shape index (κ1) is 29.7. The number of phosphoric ester groups is 1. The lowest BCUT2D eigenvalue weighted by molar-refractivity contribution is -0.266. The minimum absolute atomic E-state index is 0.246. The highest BCUT2D eigenvalue weighted by molar-refractivity contribution is 7.46. The van der Waals surface area contributed by atoms with E-state index in [1.165, 1.54) is 0 Å². The lowest BCUT2D eigenvalue weighted by atomic mass is 10.1. The van der Waals surface area contributed by atoms with Crippen molar-refractivity contribution >= 4 is 13.8 Å². The van der Waals surface area contributed by atoms with E-state index in [-0.39, 0.29) is 19.1 Å². The molecule has 180 valence electrons. The first-order valence-corrected chi connectivity index (χ1v) is 12.1. The van der Waals surface area contributed by atoms with Crippen molar-refractivity contribution in [2.75, 3.05) is 13.2 Å². The third-order valence-corrected chi connectivity index (χ3v) is 4.66. The molecule has 4 N–H and O–H groups in total. The summed E-state index contributed by atoms with van der Waals surface area (Å²) >= 11 is 0. The number of rotatable bonds is 19. The molecule has 10 heteroatoms. The zero-order valence-corrected chi connectivity index (χ0v) is 19.1.